The number of benzene rings is 2. The van der Waals surface area contributed by atoms with Crippen LogP contribution in [-0.4, -0.2) is 43.4 Å². The quantitative estimate of drug-likeness (QED) is 0.491. The van der Waals surface area contributed by atoms with Gasteiger partial charge in [0, 0.05) is 25.1 Å². The Labute approximate surface area is 175 Å². The molecule has 0 aliphatic heterocycles. The van der Waals surface area contributed by atoms with Crippen molar-refractivity contribution in [1.82, 2.24) is 4.90 Å². The van der Waals surface area contributed by atoms with Crippen LogP contribution in [-0.2, 0) is 4.79 Å². The van der Waals surface area contributed by atoms with Gasteiger partial charge in [0.2, 0.25) is 5.91 Å². The van der Waals surface area contributed by atoms with Gasteiger partial charge < -0.3 is 19.7 Å². The molecule has 0 heterocycles. The van der Waals surface area contributed by atoms with Crippen LogP contribution in [0.4, 0.5) is 10.5 Å². The summed E-state index contributed by atoms with van der Waals surface area (Å²) in [7, 11) is 3.37. The molecule has 29 heavy (non-hydrogen) atoms. The lowest BCUT2D eigenvalue weighted by molar-refractivity contribution is -0.111. The zero-order valence-corrected chi connectivity index (χ0v) is 17.9. The first-order valence-electron chi connectivity index (χ1n) is 9.31. The zero-order valence-electron chi connectivity index (χ0n) is 17.1. The second-order valence-corrected chi connectivity index (χ2v) is 7.15. The van der Waals surface area contributed by atoms with Crippen molar-refractivity contribution < 1.29 is 19.1 Å². The van der Waals surface area contributed by atoms with Crippen molar-refractivity contribution in [1.29, 1.82) is 0 Å². The molecule has 7 heteroatoms. The van der Waals surface area contributed by atoms with Crippen molar-refractivity contribution in [3.63, 3.8) is 0 Å². The number of hydrogen-bond acceptors (Lipinski definition) is 5. The van der Waals surface area contributed by atoms with Gasteiger partial charge in [0.15, 0.2) is 11.5 Å². The first-order chi connectivity index (χ1) is 13.9. The lowest BCUT2D eigenvalue weighted by atomic mass is 10.2. The second kappa shape index (κ2) is 11.2. The SMILES string of the molecule is CCOc1ccc(/C=C/C(=O)Nc2ccccc2SC(=O)N(C)C)cc1OCC. The van der Waals surface area contributed by atoms with Gasteiger partial charge in [0.05, 0.1) is 18.9 Å². The van der Waals surface area contributed by atoms with E-state index < -0.39 is 0 Å². The minimum absolute atomic E-state index is 0.111. The predicted molar refractivity (Wildman–Crippen MR) is 118 cm³/mol. The van der Waals surface area contributed by atoms with Gasteiger partial charge in [-0.25, -0.2) is 0 Å². The molecule has 0 fully saturated rings. The molecule has 0 saturated carbocycles. The van der Waals surface area contributed by atoms with E-state index in [1.807, 2.05) is 44.2 Å². The summed E-state index contributed by atoms with van der Waals surface area (Å²) in [5, 5.41) is 2.71. The van der Waals surface area contributed by atoms with Crippen molar-refractivity contribution in [3.8, 4) is 11.5 Å². The fourth-order valence-electron chi connectivity index (χ4n) is 2.36. The number of carbonyl (C=O) groups excluding carboxylic acids is 2. The Balaban J connectivity index is 2.10. The standard InChI is InChI=1S/C22H26N2O4S/c1-5-27-18-13-11-16(15-19(18)28-6-2)12-14-21(25)23-17-9-7-8-10-20(17)29-22(26)24(3)4/h7-15H,5-6H2,1-4H3,(H,23,25)/b14-12+. The number of carbonyl (C=O) groups is 2. The lowest BCUT2D eigenvalue weighted by Crippen LogP contribution is -2.16. The molecule has 154 valence electrons. The highest BCUT2D eigenvalue weighted by molar-refractivity contribution is 8.13. The van der Waals surface area contributed by atoms with Gasteiger partial charge in [0.25, 0.3) is 5.24 Å². The molecular weight excluding hydrogens is 388 g/mol. The summed E-state index contributed by atoms with van der Waals surface area (Å²) < 4.78 is 11.2. The minimum atomic E-state index is -0.290. The molecule has 0 atom stereocenters. The Morgan fingerprint density at radius 1 is 1.03 bits per heavy atom. The monoisotopic (exact) mass is 414 g/mol. The predicted octanol–water partition coefficient (Wildman–Crippen LogP) is 4.91. The summed E-state index contributed by atoms with van der Waals surface area (Å²) in [6, 6.07) is 12.7. The van der Waals surface area contributed by atoms with Gasteiger partial charge in [0.1, 0.15) is 0 Å². The normalized spacial score (nSPS) is 10.6. The number of nitrogens with zero attached hydrogens (tertiary/aromatic N) is 1. The molecular formula is C22H26N2O4S. The number of rotatable bonds is 8. The fourth-order valence-corrected chi connectivity index (χ4v) is 3.11. The highest BCUT2D eigenvalue weighted by Gasteiger charge is 2.11. The van der Waals surface area contributed by atoms with Crippen LogP contribution in [0.5, 0.6) is 11.5 Å². The van der Waals surface area contributed by atoms with Crippen molar-refractivity contribution in [2.24, 2.45) is 0 Å². The third kappa shape index (κ3) is 6.87. The molecule has 0 aromatic heterocycles. The van der Waals surface area contributed by atoms with E-state index in [0.717, 1.165) is 17.3 Å². The first kappa shape index (κ1) is 22.4. The zero-order chi connectivity index (χ0) is 21.2. The van der Waals surface area contributed by atoms with Gasteiger partial charge in [-0.1, -0.05) is 18.2 Å². The Kier molecular flexibility index (Phi) is 8.61. The summed E-state index contributed by atoms with van der Waals surface area (Å²) in [5.74, 6) is 1.02. The van der Waals surface area contributed by atoms with E-state index in [9.17, 15) is 9.59 Å². The van der Waals surface area contributed by atoms with Gasteiger partial charge >= 0.3 is 0 Å². The maximum atomic E-state index is 12.4. The van der Waals surface area contributed by atoms with E-state index in [0.29, 0.717) is 35.3 Å². The summed E-state index contributed by atoms with van der Waals surface area (Å²) >= 11 is 1.07. The van der Waals surface area contributed by atoms with Crippen LogP contribution in [0.25, 0.3) is 6.08 Å². The van der Waals surface area contributed by atoms with Crippen LogP contribution in [0.15, 0.2) is 53.4 Å². The Bertz CT molecular complexity index is 881. The first-order valence-corrected chi connectivity index (χ1v) is 10.1. The maximum Gasteiger partial charge on any atom is 0.286 e. The highest BCUT2D eigenvalue weighted by atomic mass is 32.2. The number of hydrogen-bond donors (Lipinski definition) is 1. The Morgan fingerprint density at radius 3 is 2.41 bits per heavy atom. The van der Waals surface area contributed by atoms with E-state index in [-0.39, 0.29) is 11.1 Å². The van der Waals surface area contributed by atoms with E-state index >= 15 is 0 Å². The van der Waals surface area contributed by atoms with E-state index in [1.165, 1.54) is 11.0 Å². The summed E-state index contributed by atoms with van der Waals surface area (Å²) in [4.78, 5) is 26.5. The molecule has 0 saturated heterocycles. The molecule has 0 aliphatic carbocycles. The third-order valence-corrected chi connectivity index (χ3v) is 4.82. The molecule has 6 nitrogen and oxygen atoms in total. The van der Waals surface area contributed by atoms with Gasteiger partial charge in [-0.3, -0.25) is 9.59 Å². The lowest BCUT2D eigenvalue weighted by Gasteiger charge is -2.12. The number of para-hydroxylation sites is 1. The highest BCUT2D eigenvalue weighted by Crippen LogP contribution is 2.30. The smallest absolute Gasteiger partial charge is 0.286 e. The van der Waals surface area contributed by atoms with E-state index in [4.69, 9.17) is 9.47 Å². The average Bonchev–Trinajstić information content (AvgIpc) is 2.70. The van der Waals surface area contributed by atoms with Crippen LogP contribution in [0, 0.1) is 0 Å². The fraction of sp³-hybridized carbons (Fsp3) is 0.273. The number of thioether (sulfide) groups is 1. The number of anilines is 1. The molecule has 0 aliphatic rings. The van der Waals surface area contributed by atoms with E-state index in [2.05, 4.69) is 5.32 Å². The average molecular weight is 415 g/mol. The number of ether oxygens (including phenoxy) is 2. The van der Waals surface area contributed by atoms with E-state index in [1.54, 1.807) is 32.3 Å². The Hall–Kier alpha value is -2.93. The van der Waals surface area contributed by atoms with Crippen LogP contribution in [0.2, 0.25) is 0 Å². The minimum Gasteiger partial charge on any atom is -0.490 e. The van der Waals surface area contributed by atoms with Crippen LogP contribution >= 0.6 is 11.8 Å². The molecule has 0 unspecified atom stereocenters. The molecule has 0 bridgehead atoms. The summed E-state index contributed by atoms with van der Waals surface area (Å²) in [5.41, 5.74) is 1.40. The summed E-state index contributed by atoms with van der Waals surface area (Å²) in [6.45, 7) is 4.89. The second-order valence-electron chi connectivity index (χ2n) is 6.15. The van der Waals surface area contributed by atoms with Crippen molar-refractivity contribution >= 4 is 34.7 Å². The van der Waals surface area contributed by atoms with Crippen LogP contribution in [0.3, 0.4) is 0 Å². The molecule has 0 spiro atoms. The van der Waals surface area contributed by atoms with Crippen LogP contribution < -0.4 is 14.8 Å². The van der Waals surface area contributed by atoms with Gasteiger partial charge in [-0.15, -0.1) is 0 Å². The van der Waals surface area contributed by atoms with Gasteiger partial charge in [-0.05, 0) is 61.5 Å². The largest absolute Gasteiger partial charge is 0.490 e. The summed E-state index contributed by atoms with van der Waals surface area (Å²) in [6.07, 6.45) is 3.15. The molecule has 2 aromatic rings. The van der Waals surface area contributed by atoms with Crippen molar-refractivity contribution in [3.05, 3.63) is 54.1 Å². The molecule has 2 aromatic carbocycles. The number of nitrogens with one attached hydrogen (secondary N) is 1. The Morgan fingerprint density at radius 2 is 1.72 bits per heavy atom. The molecule has 1 N–H and O–H groups in total. The van der Waals surface area contributed by atoms with Gasteiger partial charge in [-0.2, -0.15) is 0 Å². The maximum absolute atomic E-state index is 12.4. The molecule has 2 rings (SSSR count). The topological polar surface area (TPSA) is 67.9 Å². The molecule has 0 radical (unpaired) electrons. The van der Waals surface area contributed by atoms with Crippen molar-refractivity contribution in [2.75, 3.05) is 32.6 Å². The number of amides is 2. The van der Waals surface area contributed by atoms with Crippen molar-refractivity contribution in [2.45, 2.75) is 18.7 Å². The molecule has 2 amide bonds. The van der Waals surface area contributed by atoms with Crippen LogP contribution in [0.1, 0.15) is 19.4 Å². The third-order valence-electron chi connectivity index (χ3n) is 3.70.